The zero-order valence-electron chi connectivity index (χ0n) is 13.3. The summed E-state index contributed by atoms with van der Waals surface area (Å²) in [7, 11) is -3.59. The summed E-state index contributed by atoms with van der Waals surface area (Å²) in [6, 6.07) is 15.4. The molecule has 25 heavy (non-hydrogen) atoms. The fourth-order valence-electron chi connectivity index (χ4n) is 2.94. The van der Waals surface area contributed by atoms with Gasteiger partial charge in [-0.05, 0) is 42.2 Å². The first kappa shape index (κ1) is 18.2. The van der Waals surface area contributed by atoms with Gasteiger partial charge >= 0.3 is 0 Å². The number of Topliss-reactive ketones (excluding diaryl/α,β-unsaturated/α-hetero) is 1. The highest BCUT2D eigenvalue weighted by Gasteiger charge is 2.31. The number of halogens is 2. The van der Waals surface area contributed by atoms with Crippen LogP contribution < -0.4 is 0 Å². The summed E-state index contributed by atoms with van der Waals surface area (Å²) in [5.41, 5.74) is 1.18. The number of carbonyl (C=O) groups is 1. The molecule has 0 radical (unpaired) electrons. The van der Waals surface area contributed by atoms with Gasteiger partial charge in [0, 0.05) is 22.0 Å². The molecule has 0 amide bonds. The van der Waals surface area contributed by atoms with Crippen molar-refractivity contribution in [3.63, 3.8) is 0 Å². The Morgan fingerprint density at radius 2 is 1.56 bits per heavy atom. The lowest BCUT2D eigenvalue weighted by Gasteiger charge is -2.24. The smallest absolute Gasteiger partial charge is 0.182 e. The number of rotatable bonds is 4. The second-order valence-electron chi connectivity index (χ2n) is 6.04. The Balaban J connectivity index is 1.84. The highest BCUT2D eigenvalue weighted by atomic mass is 35.5. The van der Waals surface area contributed by atoms with E-state index in [1.165, 1.54) is 12.1 Å². The van der Waals surface area contributed by atoms with E-state index in [2.05, 4.69) is 0 Å². The molecule has 3 nitrogen and oxygen atoms in total. The quantitative estimate of drug-likeness (QED) is 0.751. The number of ketones is 1. The monoisotopic (exact) mass is 394 g/mol. The molecular weight excluding hydrogens is 379 g/mol. The molecule has 0 bridgehead atoms. The molecule has 0 heterocycles. The second kappa shape index (κ2) is 7.32. The molecule has 3 rings (SSSR count). The first-order chi connectivity index (χ1) is 11.9. The molecule has 0 aliphatic heterocycles. The van der Waals surface area contributed by atoms with Gasteiger partial charge in [-0.25, -0.2) is 8.42 Å². The van der Waals surface area contributed by atoms with E-state index < -0.39 is 9.84 Å². The molecule has 0 aromatic heterocycles. The van der Waals surface area contributed by atoms with Crippen LogP contribution >= 0.6 is 23.2 Å². The van der Waals surface area contributed by atoms with Crippen LogP contribution in [-0.4, -0.2) is 20.0 Å². The van der Waals surface area contributed by atoms with Crippen LogP contribution in [0.2, 0.25) is 5.02 Å². The minimum Gasteiger partial charge on any atom is -0.294 e. The molecule has 1 aliphatic rings. The summed E-state index contributed by atoms with van der Waals surface area (Å²) in [5, 5.41) is 0.956. The van der Waals surface area contributed by atoms with Crippen molar-refractivity contribution in [2.75, 3.05) is 5.75 Å². The molecular formula is C19H16Cl2O3S. The van der Waals surface area contributed by atoms with Crippen molar-refractivity contribution in [2.45, 2.75) is 23.7 Å². The summed E-state index contributed by atoms with van der Waals surface area (Å²) < 4.78 is 25.0. The predicted octanol–water partition coefficient (Wildman–Crippen LogP) is 4.75. The molecule has 130 valence electrons. The summed E-state index contributed by atoms with van der Waals surface area (Å²) in [6.07, 6.45) is 0.700. The standard InChI is InChI=1S/C19H16Cl2O3S/c20-15-8-6-13(7-9-15)14-10-18(21)17(19(22)11-14)12-25(23,24)16-4-2-1-3-5-16/h1-9,14H,10-12H2. The first-order valence-corrected chi connectivity index (χ1v) is 10.2. The van der Waals surface area contributed by atoms with Gasteiger partial charge in [0.1, 0.15) is 0 Å². The first-order valence-electron chi connectivity index (χ1n) is 7.81. The van der Waals surface area contributed by atoms with Gasteiger partial charge in [0.25, 0.3) is 0 Å². The Bertz CT molecular complexity index is 917. The van der Waals surface area contributed by atoms with Crippen molar-refractivity contribution in [1.82, 2.24) is 0 Å². The maximum Gasteiger partial charge on any atom is 0.182 e. The zero-order valence-corrected chi connectivity index (χ0v) is 15.6. The van der Waals surface area contributed by atoms with Gasteiger partial charge in [0.05, 0.1) is 10.6 Å². The lowest BCUT2D eigenvalue weighted by Crippen LogP contribution is -2.22. The van der Waals surface area contributed by atoms with Gasteiger partial charge < -0.3 is 0 Å². The Kier molecular flexibility index (Phi) is 5.32. The number of hydrogen-bond acceptors (Lipinski definition) is 3. The highest BCUT2D eigenvalue weighted by molar-refractivity contribution is 7.91. The fraction of sp³-hybridized carbons (Fsp3) is 0.211. The number of allylic oxidation sites excluding steroid dienone is 1. The molecule has 1 atom stereocenters. The molecule has 6 heteroatoms. The molecule has 0 saturated carbocycles. The second-order valence-corrected chi connectivity index (χ2v) is 8.92. The largest absolute Gasteiger partial charge is 0.294 e. The number of benzene rings is 2. The van der Waals surface area contributed by atoms with Crippen molar-refractivity contribution in [3.8, 4) is 0 Å². The Morgan fingerprint density at radius 3 is 2.16 bits per heavy atom. The molecule has 1 aliphatic carbocycles. The van der Waals surface area contributed by atoms with Crippen LogP contribution in [0.3, 0.4) is 0 Å². The van der Waals surface area contributed by atoms with Crippen molar-refractivity contribution >= 4 is 38.8 Å². The van der Waals surface area contributed by atoms with E-state index in [0.717, 1.165) is 5.56 Å². The average Bonchev–Trinajstić information content (AvgIpc) is 2.59. The third-order valence-corrected chi connectivity index (χ3v) is 6.59. The summed E-state index contributed by atoms with van der Waals surface area (Å²) in [4.78, 5) is 12.7. The van der Waals surface area contributed by atoms with E-state index in [9.17, 15) is 13.2 Å². The Hall–Kier alpha value is -1.62. The van der Waals surface area contributed by atoms with E-state index in [4.69, 9.17) is 23.2 Å². The zero-order chi connectivity index (χ0) is 18.0. The molecule has 2 aromatic rings. The average molecular weight is 395 g/mol. The molecule has 1 unspecified atom stereocenters. The number of hydrogen-bond donors (Lipinski definition) is 0. The van der Waals surface area contributed by atoms with E-state index >= 15 is 0 Å². The molecule has 0 N–H and O–H groups in total. The fourth-order valence-corrected chi connectivity index (χ4v) is 4.96. The van der Waals surface area contributed by atoms with Crippen LogP contribution in [0, 0.1) is 0 Å². The van der Waals surface area contributed by atoms with Gasteiger partial charge in [-0.2, -0.15) is 0 Å². The van der Waals surface area contributed by atoms with Crippen LogP contribution in [0.1, 0.15) is 24.3 Å². The van der Waals surface area contributed by atoms with Crippen molar-refractivity contribution in [2.24, 2.45) is 0 Å². The van der Waals surface area contributed by atoms with E-state index in [1.807, 2.05) is 12.1 Å². The van der Waals surface area contributed by atoms with Gasteiger partial charge in [-0.1, -0.05) is 53.5 Å². The Labute approximate surface area is 157 Å². The van der Waals surface area contributed by atoms with Gasteiger partial charge in [-0.15, -0.1) is 0 Å². The molecule has 0 saturated heterocycles. The minimum atomic E-state index is -3.59. The third-order valence-electron chi connectivity index (χ3n) is 4.30. The predicted molar refractivity (Wildman–Crippen MR) is 99.8 cm³/mol. The van der Waals surface area contributed by atoms with Crippen molar-refractivity contribution in [3.05, 3.63) is 75.8 Å². The van der Waals surface area contributed by atoms with Gasteiger partial charge in [-0.3, -0.25) is 4.79 Å². The summed E-state index contributed by atoms with van der Waals surface area (Å²) in [6.45, 7) is 0. The maximum atomic E-state index is 12.5. The SMILES string of the molecule is O=C1CC(c2ccc(Cl)cc2)CC(Cl)=C1CS(=O)(=O)c1ccccc1. The maximum absolute atomic E-state index is 12.5. The number of carbonyl (C=O) groups excluding carboxylic acids is 1. The lowest BCUT2D eigenvalue weighted by atomic mass is 9.84. The summed E-state index contributed by atoms with van der Waals surface area (Å²) in [5.74, 6) is -0.627. The van der Waals surface area contributed by atoms with Crippen LogP contribution in [0.4, 0.5) is 0 Å². The minimum absolute atomic E-state index is 0.0551. The van der Waals surface area contributed by atoms with Gasteiger partial charge in [0.2, 0.25) is 0 Å². The normalized spacial score (nSPS) is 18.5. The van der Waals surface area contributed by atoms with Crippen LogP contribution in [0.5, 0.6) is 0 Å². The van der Waals surface area contributed by atoms with Crippen molar-refractivity contribution in [1.29, 1.82) is 0 Å². The van der Waals surface area contributed by atoms with Crippen molar-refractivity contribution < 1.29 is 13.2 Å². The Morgan fingerprint density at radius 1 is 0.920 bits per heavy atom. The highest BCUT2D eigenvalue weighted by Crippen LogP contribution is 2.37. The molecule has 0 spiro atoms. The topological polar surface area (TPSA) is 51.2 Å². The van der Waals surface area contributed by atoms with Crippen LogP contribution in [0.25, 0.3) is 0 Å². The van der Waals surface area contributed by atoms with Crippen LogP contribution in [-0.2, 0) is 14.6 Å². The summed E-state index contributed by atoms with van der Waals surface area (Å²) >= 11 is 12.2. The number of sulfone groups is 1. The molecule has 0 fully saturated rings. The lowest BCUT2D eigenvalue weighted by molar-refractivity contribution is -0.116. The third kappa shape index (κ3) is 4.14. The van der Waals surface area contributed by atoms with E-state index in [0.29, 0.717) is 16.5 Å². The molecule has 2 aromatic carbocycles. The van der Waals surface area contributed by atoms with Gasteiger partial charge in [0.15, 0.2) is 15.6 Å². The van der Waals surface area contributed by atoms with Crippen LogP contribution in [0.15, 0.2) is 70.1 Å². The van der Waals surface area contributed by atoms with E-state index in [-0.39, 0.29) is 34.3 Å². The van der Waals surface area contributed by atoms with E-state index in [1.54, 1.807) is 30.3 Å².